The van der Waals surface area contributed by atoms with E-state index in [1.54, 1.807) is 6.92 Å². The number of carbonyl (C=O) groups is 2. The van der Waals surface area contributed by atoms with Gasteiger partial charge in [0.2, 0.25) is 0 Å². The Kier molecular flexibility index (Phi) is 11.2. The van der Waals surface area contributed by atoms with Crippen LogP contribution in [0.4, 0.5) is 0 Å². The van der Waals surface area contributed by atoms with E-state index in [1.165, 1.54) is 89.8 Å². The lowest BCUT2D eigenvalue weighted by molar-refractivity contribution is -0.148. The molecule has 15 nitrogen and oxygen atoms in total. The number of aromatic hydroxyl groups is 3. The van der Waals surface area contributed by atoms with Gasteiger partial charge in [0, 0.05) is 25.3 Å². The molecule has 0 spiro atoms. The minimum absolute atomic E-state index is 0.0397. The fourth-order valence-electron chi connectivity index (χ4n) is 4.36. The summed E-state index contributed by atoms with van der Waals surface area (Å²) in [5, 5.41) is 42.8. The smallest absolute Gasteiger partial charge is 0.346 e. The highest BCUT2D eigenvalue weighted by Crippen LogP contribution is 2.38. The van der Waals surface area contributed by atoms with Gasteiger partial charge in [-0.25, -0.2) is 24.5 Å². The fourth-order valence-corrected chi connectivity index (χ4v) is 4.36. The third-order valence-electron chi connectivity index (χ3n) is 6.92. The molecule has 4 aromatic rings. The third kappa shape index (κ3) is 8.18. The van der Waals surface area contributed by atoms with Gasteiger partial charge >= 0.3 is 11.9 Å². The van der Waals surface area contributed by atoms with Gasteiger partial charge in [-0.05, 0) is 57.2 Å². The molecular formula is C33H35N3O12. The standard InChI is InChI=1S/C33H35N3O12/c1-16(31(40)43-4)46-19-7-10-22(25(37)13-19)28-34-29(23-11-8-20(14-26(23)38)47-17(2)32(41)44-5)36-30(35-28)24-12-9-21(15-27(24)39)48-18(3)33(42)45-6/h7-18,31,37-40H,1-6H3. The van der Waals surface area contributed by atoms with E-state index in [1.807, 2.05) is 0 Å². The van der Waals surface area contributed by atoms with Crippen molar-refractivity contribution in [1.82, 2.24) is 15.0 Å². The molecule has 1 aromatic heterocycles. The van der Waals surface area contributed by atoms with E-state index in [9.17, 15) is 30.0 Å². The van der Waals surface area contributed by atoms with E-state index < -0.39 is 36.5 Å². The van der Waals surface area contributed by atoms with Gasteiger partial charge < -0.3 is 48.8 Å². The number of nitrogens with zero attached hydrogens (tertiary/aromatic N) is 3. The lowest BCUT2D eigenvalue weighted by atomic mass is 10.1. The first kappa shape index (κ1) is 35.2. The Morgan fingerprint density at radius 3 is 1.21 bits per heavy atom. The summed E-state index contributed by atoms with van der Waals surface area (Å²) >= 11 is 0. The molecule has 0 saturated heterocycles. The number of phenolic OH excluding ortho intramolecular Hbond substituents is 3. The van der Waals surface area contributed by atoms with Gasteiger partial charge in [0.05, 0.1) is 30.9 Å². The summed E-state index contributed by atoms with van der Waals surface area (Å²) in [6, 6.07) is 12.7. The number of esters is 2. The molecule has 0 amide bonds. The van der Waals surface area contributed by atoms with Gasteiger partial charge in [0.1, 0.15) is 40.6 Å². The number of benzene rings is 3. The minimum Gasteiger partial charge on any atom is -0.507 e. The van der Waals surface area contributed by atoms with Crippen LogP contribution in [0.3, 0.4) is 0 Å². The van der Waals surface area contributed by atoms with E-state index in [2.05, 4.69) is 24.4 Å². The Morgan fingerprint density at radius 2 is 0.917 bits per heavy atom. The van der Waals surface area contributed by atoms with Crippen LogP contribution >= 0.6 is 0 Å². The highest BCUT2D eigenvalue weighted by atomic mass is 16.6. The Hall–Kier alpha value is -5.67. The van der Waals surface area contributed by atoms with Gasteiger partial charge in [-0.2, -0.15) is 0 Å². The number of hydrogen-bond acceptors (Lipinski definition) is 15. The van der Waals surface area contributed by atoms with Crippen LogP contribution in [-0.2, 0) is 23.8 Å². The molecule has 0 bridgehead atoms. The Bertz CT molecular complexity index is 1690. The number of aliphatic hydroxyl groups excluding tert-OH is 1. The summed E-state index contributed by atoms with van der Waals surface area (Å²) in [7, 11) is 3.78. The van der Waals surface area contributed by atoms with E-state index in [-0.39, 0.29) is 68.7 Å². The molecule has 0 aliphatic rings. The van der Waals surface area contributed by atoms with Crippen LogP contribution in [0.5, 0.6) is 34.5 Å². The molecule has 4 atom stereocenters. The molecule has 1 heterocycles. The SMILES string of the molecule is COC(=O)C(C)Oc1ccc(-c2nc(-c3ccc(OC(C)C(=O)OC)cc3O)nc(-c3ccc(OC(C)C(O)OC)cc3O)n2)c(O)c1. The van der Waals surface area contributed by atoms with Crippen molar-refractivity contribution in [2.45, 2.75) is 45.4 Å². The molecule has 15 heteroatoms. The van der Waals surface area contributed by atoms with E-state index in [0.29, 0.717) is 0 Å². The number of rotatable bonds is 13. The number of phenols is 3. The van der Waals surface area contributed by atoms with Crippen molar-refractivity contribution in [2.75, 3.05) is 21.3 Å². The largest absolute Gasteiger partial charge is 0.507 e. The second-order valence-electron chi connectivity index (χ2n) is 10.4. The predicted molar refractivity (Wildman–Crippen MR) is 168 cm³/mol. The molecule has 0 aliphatic carbocycles. The molecule has 48 heavy (non-hydrogen) atoms. The minimum atomic E-state index is -1.21. The second-order valence-corrected chi connectivity index (χ2v) is 10.4. The predicted octanol–water partition coefficient (Wildman–Crippen LogP) is 3.60. The number of methoxy groups -OCH3 is 3. The summed E-state index contributed by atoms with van der Waals surface area (Å²) < 4.78 is 30.9. The van der Waals surface area contributed by atoms with Crippen molar-refractivity contribution in [3.63, 3.8) is 0 Å². The fraction of sp³-hybridized carbons (Fsp3) is 0.303. The van der Waals surface area contributed by atoms with Gasteiger partial charge in [-0.1, -0.05) is 0 Å². The summed E-state index contributed by atoms with van der Waals surface area (Å²) in [6.45, 7) is 4.56. The molecule has 4 rings (SSSR count). The quantitative estimate of drug-likeness (QED) is 0.119. The molecule has 0 radical (unpaired) electrons. The van der Waals surface area contributed by atoms with Crippen molar-refractivity contribution in [2.24, 2.45) is 0 Å². The van der Waals surface area contributed by atoms with E-state index in [4.69, 9.17) is 18.9 Å². The molecule has 3 aromatic carbocycles. The summed E-state index contributed by atoms with van der Waals surface area (Å²) in [6.07, 6.45) is -3.86. The Balaban J connectivity index is 1.79. The number of aliphatic hydroxyl groups is 1. The van der Waals surface area contributed by atoms with Crippen molar-refractivity contribution >= 4 is 11.9 Å². The summed E-state index contributed by atoms with van der Waals surface area (Å²) in [5.74, 6) is -1.70. The Morgan fingerprint density at radius 1 is 0.583 bits per heavy atom. The first-order chi connectivity index (χ1) is 22.8. The maximum Gasteiger partial charge on any atom is 0.346 e. The molecule has 4 N–H and O–H groups in total. The molecule has 254 valence electrons. The zero-order chi connectivity index (χ0) is 35.1. The molecule has 4 unspecified atom stereocenters. The van der Waals surface area contributed by atoms with Gasteiger partial charge in [-0.15, -0.1) is 0 Å². The summed E-state index contributed by atoms with van der Waals surface area (Å²) in [5.41, 5.74) is 0.405. The van der Waals surface area contributed by atoms with Crippen molar-refractivity contribution < 1.29 is 58.4 Å². The summed E-state index contributed by atoms with van der Waals surface area (Å²) in [4.78, 5) is 37.0. The van der Waals surface area contributed by atoms with Crippen LogP contribution in [0.1, 0.15) is 20.8 Å². The number of hydrogen-bond donors (Lipinski definition) is 4. The van der Waals surface area contributed by atoms with Crippen LogP contribution < -0.4 is 14.2 Å². The molecular weight excluding hydrogens is 630 g/mol. The van der Waals surface area contributed by atoms with Crippen LogP contribution in [0, 0.1) is 0 Å². The maximum absolute atomic E-state index is 11.8. The average molecular weight is 666 g/mol. The lowest BCUT2D eigenvalue weighted by Gasteiger charge is -2.19. The van der Waals surface area contributed by atoms with E-state index in [0.717, 1.165) is 0 Å². The number of carbonyl (C=O) groups excluding carboxylic acids is 2. The van der Waals surface area contributed by atoms with Crippen LogP contribution in [0.15, 0.2) is 54.6 Å². The highest BCUT2D eigenvalue weighted by Gasteiger charge is 2.22. The zero-order valence-electron chi connectivity index (χ0n) is 26.9. The monoisotopic (exact) mass is 665 g/mol. The first-order valence-electron chi connectivity index (χ1n) is 14.5. The number of ether oxygens (including phenoxy) is 6. The van der Waals surface area contributed by atoms with Gasteiger partial charge in [0.25, 0.3) is 0 Å². The Labute approximate surface area is 275 Å². The lowest BCUT2D eigenvalue weighted by Crippen LogP contribution is -2.30. The van der Waals surface area contributed by atoms with Crippen molar-refractivity contribution in [3.05, 3.63) is 54.6 Å². The normalized spacial score (nSPS) is 13.5. The van der Waals surface area contributed by atoms with Gasteiger partial charge in [-0.3, -0.25) is 0 Å². The molecule has 0 saturated carbocycles. The van der Waals surface area contributed by atoms with Crippen molar-refractivity contribution in [3.8, 4) is 68.7 Å². The topological polar surface area (TPSA) is 209 Å². The highest BCUT2D eigenvalue weighted by molar-refractivity contribution is 5.76. The zero-order valence-corrected chi connectivity index (χ0v) is 26.9. The first-order valence-corrected chi connectivity index (χ1v) is 14.5. The second kappa shape index (κ2) is 15.3. The van der Waals surface area contributed by atoms with Gasteiger partial charge in [0.15, 0.2) is 36.0 Å². The van der Waals surface area contributed by atoms with Crippen LogP contribution in [0.2, 0.25) is 0 Å². The van der Waals surface area contributed by atoms with E-state index >= 15 is 0 Å². The molecule has 0 fully saturated rings. The van der Waals surface area contributed by atoms with Crippen molar-refractivity contribution in [1.29, 1.82) is 0 Å². The average Bonchev–Trinajstić information content (AvgIpc) is 3.06. The van der Waals surface area contributed by atoms with Crippen LogP contribution in [0.25, 0.3) is 34.2 Å². The molecule has 0 aliphatic heterocycles. The third-order valence-corrected chi connectivity index (χ3v) is 6.92. The maximum atomic E-state index is 11.8. The van der Waals surface area contributed by atoms with Crippen LogP contribution in [-0.4, -0.2) is 93.2 Å². The number of aromatic nitrogens is 3.